The Hall–Kier alpha value is -2.09. The summed E-state index contributed by atoms with van der Waals surface area (Å²) < 4.78 is 6.52. The number of hydrogen-bond donors (Lipinski definition) is 2. The Morgan fingerprint density at radius 1 is 1.00 bits per heavy atom. The Morgan fingerprint density at radius 3 is 2.22 bits per heavy atom. The first kappa shape index (κ1) is 17.3. The quantitative estimate of drug-likeness (QED) is 0.696. The fourth-order valence-corrected chi connectivity index (χ4v) is 2.16. The van der Waals surface area contributed by atoms with Crippen molar-refractivity contribution in [3.63, 3.8) is 0 Å². The number of nitrogens with one attached hydrogen (secondary N) is 2. The van der Waals surface area contributed by atoms with E-state index in [-0.39, 0.29) is 18.4 Å². The molecule has 0 unspecified atom stereocenters. The van der Waals surface area contributed by atoms with Gasteiger partial charge in [0.1, 0.15) is 5.75 Å². The van der Waals surface area contributed by atoms with Crippen LogP contribution in [0, 0.1) is 3.57 Å². The number of carbonyl (C=O) groups excluding carboxylic acids is 2. The standard InChI is InChI=1S/C17H17IN2O3/c1-2-16(21)19-13-4-3-5-14(10-13)20-17(22)11-23-15-8-6-12(18)7-9-15/h3-10H,2,11H2,1H3,(H,19,21)(H,20,22). The van der Waals surface area contributed by atoms with E-state index >= 15 is 0 Å². The first-order valence-corrected chi connectivity index (χ1v) is 8.23. The molecule has 2 rings (SSSR count). The van der Waals surface area contributed by atoms with Gasteiger partial charge >= 0.3 is 0 Å². The number of amides is 2. The summed E-state index contributed by atoms with van der Waals surface area (Å²) in [7, 11) is 0. The lowest BCUT2D eigenvalue weighted by atomic mass is 10.2. The smallest absolute Gasteiger partial charge is 0.262 e. The molecular weight excluding hydrogens is 407 g/mol. The van der Waals surface area contributed by atoms with Crippen molar-refractivity contribution >= 4 is 45.8 Å². The van der Waals surface area contributed by atoms with E-state index in [0.29, 0.717) is 23.5 Å². The maximum atomic E-state index is 11.9. The predicted molar refractivity (Wildman–Crippen MR) is 98.6 cm³/mol. The molecule has 6 heteroatoms. The summed E-state index contributed by atoms with van der Waals surface area (Å²) in [6.07, 6.45) is 0.403. The molecule has 2 aromatic carbocycles. The molecule has 5 nitrogen and oxygen atoms in total. The molecule has 23 heavy (non-hydrogen) atoms. The van der Waals surface area contributed by atoms with Crippen molar-refractivity contribution in [3.05, 3.63) is 52.1 Å². The average molecular weight is 424 g/mol. The maximum absolute atomic E-state index is 11.9. The van der Waals surface area contributed by atoms with E-state index in [1.54, 1.807) is 31.2 Å². The number of hydrogen-bond acceptors (Lipinski definition) is 3. The molecule has 0 spiro atoms. The first-order valence-electron chi connectivity index (χ1n) is 7.15. The Morgan fingerprint density at radius 2 is 1.61 bits per heavy atom. The molecule has 0 radical (unpaired) electrons. The van der Waals surface area contributed by atoms with Gasteiger partial charge in [-0.3, -0.25) is 9.59 Å². The van der Waals surface area contributed by atoms with E-state index in [0.717, 1.165) is 3.57 Å². The Balaban J connectivity index is 1.88. The van der Waals surface area contributed by atoms with E-state index in [1.807, 2.05) is 24.3 Å². The minimum Gasteiger partial charge on any atom is -0.484 e. The van der Waals surface area contributed by atoms with E-state index in [1.165, 1.54) is 0 Å². The number of benzene rings is 2. The molecule has 2 aromatic rings. The molecule has 0 saturated carbocycles. The molecule has 0 bridgehead atoms. The van der Waals surface area contributed by atoms with Gasteiger partial charge in [-0.15, -0.1) is 0 Å². The summed E-state index contributed by atoms with van der Waals surface area (Å²) in [4.78, 5) is 23.3. The van der Waals surface area contributed by atoms with Crippen molar-refractivity contribution in [2.45, 2.75) is 13.3 Å². The second-order valence-corrected chi connectivity index (χ2v) is 6.02. The van der Waals surface area contributed by atoms with E-state index in [4.69, 9.17) is 4.74 Å². The Labute approximate surface area is 148 Å². The average Bonchev–Trinajstić information content (AvgIpc) is 2.54. The predicted octanol–water partition coefficient (Wildman–Crippen LogP) is 3.66. The third-order valence-corrected chi connectivity index (χ3v) is 3.65. The van der Waals surface area contributed by atoms with Crippen molar-refractivity contribution in [2.24, 2.45) is 0 Å². The second-order valence-electron chi connectivity index (χ2n) is 4.77. The number of rotatable bonds is 6. The normalized spacial score (nSPS) is 10.0. The van der Waals surface area contributed by atoms with Crippen LogP contribution in [-0.4, -0.2) is 18.4 Å². The van der Waals surface area contributed by atoms with E-state index in [9.17, 15) is 9.59 Å². The molecule has 0 aliphatic carbocycles. The van der Waals surface area contributed by atoms with Crippen LogP contribution in [0.4, 0.5) is 11.4 Å². The summed E-state index contributed by atoms with van der Waals surface area (Å²) in [6, 6.07) is 14.4. The van der Waals surface area contributed by atoms with Gasteiger partial charge in [0.25, 0.3) is 5.91 Å². The van der Waals surface area contributed by atoms with Gasteiger partial charge in [0.05, 0.1) is 0 Å². The largest absolute Gasteiger partial charge is 0.484 e. The number of ether oxygens (including phenoxy) is 1. The summed E-state index contributed by atoms with van der Waals surface area (Å²) in [5.74, 6) is 0.308. The van der Waals surface area contributed by atoms with Crippen molar-refractivity contribution in [1.82, 2.24) is 0 Å². The molecule has 0 atom stereocenters. The lowest BCUT2D eigenvalue weighted by molar-refractivity contribution is -0.118. The van der Waals surface area contributed by atoms with Gasteiger partial charge in [-0.1, -0.05) is 13.0 Å². The van der Waals surface area contributed by atoms with Gasteiger partial charge in [-0.05, 0) is 65.1 Å². The van der Waals surface area contributed by atoms with Crippen LogP contribution in [0.1, 0.15) is 13.3 Å². The fraction of sp³-hybridized carbons (Fsp3) is 0.176. The third-order valence-electron chi connectivity index (χ3n) is 2.93. The van der Waals surface area contributed by atoms with Crippen molar-refractivity contribution in [2.75, 3.05) is 17.2 Å². The van der Waals surface area contributed by atoms with Crippen LogP contribution >= 0.6 is 22.6 Å². The van der Waals surface area contributed by atoms with Gasteiger partial charge in [0.15, 0.2) is 6.61 Å². The van der Waals surface area contributed by atoms with Crippen LogP contribution in [-0.2, 0) is 9.59 Å². The molecule has 0 aliphatic rings. The highest BCUT2D eigenvalue weighted by molar-refractivity contribution is 14.1. The Kier molecular flexibility index (Phi) is 6.40. The van der Waals surface area contributed by atoms with Crippen LogP contribution in [0.25, 0.3) is 0 Å². The summed E-state index contributed by atoms with van der Waals surface area (Å²) >= 11 is 2.20. The molecule has 0 aliphatic heterocycles. The first-order chi connectivity index (χ1) is 11.1. The van der Waals surface area contributed by atoms with Gasteiger partial charge in [0, 0.05) is 21.4 Å². The maximum Gasteiger partial charge on any atom is 0.262 e. The number of halogens is 1. The molecule has 2 N–H and O–H groups in total. The van der Waals surface area contributed by atoms with Crippen LogP contribution in [0.2, 0.25) is 0 Å². The lowest BCUT2D eigenvalue weighted by Gasteiger charge is -2.09. The zero-order valence-electron chi connectivity index (χ0n) is 12.6. The zero-order valence-corrected chi connectivity index (χ0v) is 14.8. The topological polar surface area (TPSA) is 67.4 Å². The van der Waals surface area contributed by atoms with Crippen molar-refractivity contribution in [3.8, 4) is 5.75 Å². The zero-order chi connectivity index (χ0) is 16.7. The SMILES string of the molecule is CCC(=O)Nc1cccc(NC(=O)COc2ccc(I)cc2)c1. The summed E-state index contributed by atoms with van der Waals surface area (Å²) in [6.45, 7) is 1.70. The van der Waals surface area contributed by atoms with Crippen molar-refractivity contribution < 1.29 is 14.3 Å². The van der Waals surface area contributed by atoms with Gasteiger partial charge in [-0.2, -0.15) is 0 Å². The summed E-state index contributed by atoms with van der Waals surface area (Å²) in [5.41, 5.74) is 1.25. The van der Waals surface area contributed by atoms with Crippen molar-refractivity contribution in [1.29, 1.82) is 0 Å². The molecule has 0 saturated heterocycles. The highest BCUT2D eigenvalue weighted by Crippen LogP contribution is 2.16. The fourth-order valence-electron chi connectivity index (χ4n) is 1.80. The molecule has 0 heterocycles. The number of anilines is 2. The molecule has 2 amide bonds. The summed E-state index contributed by atoms with van der Waals surface area (Å²) in [5, 5.41) is 5.48. The third kappa shape index (κ3) is 5.90. The molecule has 120 valence electrons. The Bertz CT molecular complexity index is 686. The van der Waals surface area contributed by atoms with Crippen LogP contribution in [0.3, 0.4) is 0 Å². The van der Waals surface area contributed by atoms with Gasteiger partial charge < -0.3 is 15.4 Å². The minimum absolute atomic E-state index is 0.0736. The minimum atomic E-state index is -0.262. The lowest BCUT2D eigenvalue weighted by Crippen LogP contribution is -2.20. The van der Waals surface area contributed by atoms with Gasteiger partial charge in [-0.25, -0.2) is 0 Å². The molecule has 0 fully saturated rings. The second kappa shape index (κ2) is 8.52. The van der Waals surface area contributed by atoms with E-state index < -0.39 is 0 Å². The van der Waals surface area contributed by atoms with Crippen LogP contribution in [0.5, 0.6) is 5.75 Å². The van der Waals surface area contributed by atoms with E-state index in [2.05, 4.69) is 33.2 Å². The van der Waals surface area contributed by atoms with Crippen LogP contribution < -0.4 is 15.4 Å². The van der Waals surface area contributed by atoms with Gasteiger partial charge in [0.2, 0.25) is 5.91 Å². The molecular formula is C17H17IN2O3. The highest BCUT2D eigenvalue weighted by Gasteiger charge is 2.05. The highest BCUT2D eigenvalue weighted by atomic mass is 127. The number of carbonyl (C=O) groups is 2. The monoisotopic (exact) mass is 424 g/mol. The van der Waals surface area contributed by atoms with Crippen LogP contribution in [0.15, 0.2) is 48.5 Å². The molecule has 0 aromatic heterocycles.